The van der Waals surface area contributed by atoms with E-state index in [-0.39, 0.29) is 47.9 Å². The molecule has 1 aromatic carbocycles. The summed E-state index contributed by atoms with van der Waals surface area (Å²) in [5.41, 5.74) is 2.06. The Kier molecular flexibility index (Phi) is 22.8. The minimum Gasteiger partial charge on any atom is -0.356 e. The maximum absolute atomic E-state index is 11.3. The summed E-state index contributed by atoms with van der Waals surface area (Å²) in [5, 5.41) is 10.9. The van der Waals surface area contributed by atoms with Crippen LogP contribution in [-0.2, 0) is 19.2 Å². The molecule has 0 unspecified atom stereocenters. The van der Waals surface area contributed by atoms with Crippen LogP contribution in [0.3, 0.4) is 0 Å². The molecule has 0 bridgehead atoms. The number of aryl methyl sites for hydroxylation is 1. The molecule has 218 valence electrons. The average molecular weight is 535 g/mol. The fourth-order valence-electron chi connectivity index (χ4n) is 2.59. The zero-order valence-electron chi connectivity index (χ0n) is 25.3. The molecule has 8 heteroatoms. The van der Waals surface area contributed by atoms with Crippen molar-refractivity contribution in [3.8, 4) is 0 Å². The molecule has 0 spiro atoms. The molecule has 0 aliphatic carbocycles. The van der Waals surface area contributed by atoms with Gasteiger partial charge in [0, 0.05) is 36.5 Å². The van der Waals surface area contributed by atoms with Crippen LogP contribution in [0.2, 0.25) is 0 Å². The minimum absolute atomic E-state index is 0.0290. The number of benzene rings is 1. The van der Waals surface area contributed by atoms with Gasteiger partial charge in [-0.05, 0) is 31.9 Å². The van der Waals surface area contributed by atoms with Gasteiger partial charge in [-0.3, -0.25) is 19.2 Å². The van der Waals surface area contributed by atoms with Gasteiger partial charge in [0.2, 0.25) is 23.6 Å². The van der Waals surface area contributed by atoms with E-state index in [1.807, 2.05) is 65.8 Å². The molecule has 4 amide bonds. The van der Waals surface area contributed by atoms with Crippen molar-refractivity contribution >= 4 is 29.3 Å². The van der Waals surface area contributed by atoms with Gasteiger partial charge in [-0.2, -0.15) is 0 Å². The van der Waals surface area contributed by atoms with E-state index in [0.717, 1.165) is 25.1 Å². The molecule has 0 atom stereocenters. The molecule has 0 heterocycles. The van der Waals surface area contributed by atoms with E-state index in [4.69, 9.17) is 0 Å². The minimum atomic E-state index is -0.129. The Morgan fingerprint density at radius 1 is 0.632 bits per heavy atom. The quantitative estimate of drug-likeness (QED) is 0.260. The topological polar surface area (TPSA) is 116 Å². The number of unbranched alkanes of at least 4 members (excludes halogenated alkanes) is 3. The monoisotopic (exact) mass is 534 g/mol. The average Bonchev–Trinajstić information content (AvgIpc) is 2.87. The number of amides is 4. The highest BCUT2D eigenvalue weighted by Crippen LogP contribution is 2.09. The number of rotatable bonds is 13. The van der Waals surface area contributed by atoms with Gasteiger partial charge in [-0.25, -0.2) is 0 Å². The first-order valence-electron chi connectivity index (χ1n) is 14.0. The van der Waals surface area contributed by atoms with Crippen LogP contribution in [0.4, 0.5) is 5.69 Å². The van der Waals surface area contributed by atoms with Crippen molar-refractivity contribution < 1.29 is 19.2 Å². The number of nitrogens with one attached hydrogen (secondary N) is 4. The maximum Gasteiger partial charge on any atom is 0.239 e. The second-order valence-corrected chi connectivity index (χ2v) is 10.2. The second-order valence-electron chi connectivity index (χ2n) is 10.2. The highest BCUT2D eigenvalue weighted by molar-refractivity contribution is 5.92. The van der Waals surface area contributed by atoms with Gasteiger partial charge in [0.15, 0.2) is 0 Å². The molecule has 38 heavy (non-hydrogen) atoms. The van der Waals surface area contributed by atoms with E-state index in [1.165, 1.54) is 24.8 Å². The van der Waals surface area contributed by atoms with Crippen LogP contribution in [-0.4, -0.2) is 43.3 Å². The van der Waals surface area contributed by atoms with Crippen LogP contribution < -0.4 is 21.3 Å². The van der Waals surface area contributed by atoms with Gasteiger partial charge >= 0.3 is 0 Å². The zero-order valence-corrected chi connectivity index (χ0v) is 25.3. The predicted octanol–water partition coefficient (Wildman–Crippen LogP) is 5.21. The Balaban J connectivity index is 0. The molecule has 0 aliphatic rings. The van der Waals surface area contributed by atoms with Crippen molar-refractivity contribution in [2.75, 3.05) is 25.0 Å². The van der Waals surface area contributed by atoms with Crippen LogP contribution in [0.15, 0.2) is 24.3 Å². The van der Waals surface area contributed by atoms with E-state index < -0.39 is 0 Å². The Morgan fingerprint density at radius 3 is 1.63 bits per heavy atom. The van der Waals surface area contributed by atoms with Crippen molar-refractivity contribution in [2.24, 2.45) is 17.8 Å². The van der Waals surface area contributed by atoms with Crippen molar-refractivity contribution in [1.29, 1.82) is 0 Å². The molecular formula is C30H54N4O4. The van der Waals surface area contributed by atoms with Crippen LogP contribution in [0.25, 0.3) is 0 Å². The lowest BCUT2D eigenvalue weighted by Crippen LogP contribution is -2.38. The maximum atomic E-state index is 11.3. The molecule has 0 radical (unpaired) electrons. The summed E-state index contributed by atoms with van der Waals surface area (Å²) >= 11 is 0. The highest BCUT2D eigenvalue weighted by atomic mass is 16.2. The standard InChI is InChI=1S/C11H15NO.C10H21NO.C9H18N2O2/c1-8(2)11(13)12-10-6-4-9(3)5-7-10;1-4-5-6-7-8-11-10(12)9(2)3;1-4-5-10-8(12)6-11-9(13)7(2)3/h4-8H,1-3H3,(H,12,13);9H,4-8H2,1-3H3,(H,11,12);7H,4-6H2,1-3H3,(H,10,12)(H,11,13). The molecule has 0 aromatic heterocycles. The molecule has 0 fully saturated rings. The SMILES string of the molecule is CCCCCCNC(=O)C(C)C.CCCNC(=O)CNC(=O)C(C)C.Cc1ccc(NC(=O)C(C)C)cc1. The van der Waals surface area contributed by atoms with Crippen LogP contribution in [0.1, 0.15) is 93.1 Å². The summed E-state index contributed by atoms with van der Waals surface area (Å²) in [6.07, 6.45) is 5.78. The van der Waals surface area contributed by atoms with E-state index in [0.29, 0.717) is 6.54 Å². The molecule has 4 N–H and O–H groups in total. The Morgan fingerprint density at radius 2 is 1.16 bits per heavy atom. The fourth-order valence-corrected chi connectivity index (χ4v) is 2.59. The van der Waals surface area contributed by atoms with Gasteiger partial charge in [-0.15, -0.1) is 0 Å². The van der Waals surface area contributed by atoms with Gasteiger partial charge < -0.3 is 21.3 Å². The van der Waals surface area contributed by atoms with Crippen molar-refractivity contribution in [3.05, 3.63) is 29.8 Å². The van der Waals surface area contributed by atoms with Crippen LogP contribution in [0, 0.1) is 24.7 Å². The Labute approximate surface area is 231 Å². The summed E-state index contributed by atoms with van der Waals surface area (Å²) < 4.78 is 0. The first-order chi connectivity index (χ1) is 17.8. The van der Waals surface area contributed by atoms with Crippen molar-refractivity contribution in [2.45, 2.75) is 94.4 Å². The van der Waals surface area contributed by atoms with E-state index in [2.05, 4.69) is 28.2 Å². The summed E-state index contributed by atoms with van der Waals surface area (Å²) in [4.78, 5) is 44.4. The fraction of sp³-hybridized carbons (Fsp3) is 0.667. The van der Waals surface area contributed by atoms with E-state index >= 15 is 0 Å². The largest absolute Gasteiger partial charge is 0.356 e. The second kappa shape index (κ2) is 23.2. The Hall–Kier alpha value is -2.90. The first-order valence-corrected chi connectivity index (χ1v) is 14.0. The van der Waals surface area contributed by atoms with Gasteiger partial charge in [0.25, 0.3) is 0 Å². The number of carbonyl (C=O) groups is 4. The predicted molar refractivity (Wildman–Crippen MR) is 158 cm³/mol. The lowest BCUT2D eigenvalue weighted by Gasteiger charge is -2.07. The van der Waals surface area contributed by atoms with Crippen LogP contribution >= 0.6 is 0 Å². The number of carbonyl (C=O) groups excluding carboxylic acids is 4. The number of anilines is 1. The third-order valence-electron chi connectivity index (χ3n) is 5.22. The molecule has 0 aliphatic heterocycles. The smallest absolute Gasteiger partial charge is 0.239 e. The van der Waals surface area contributed by atoms with E-state index in [1.54, 1.807) is 13.8 Å². The molecule has 1 aromatic rings. The normalized spacial score (nSPS) is 10.1. The first kappa shape index (κ1) is 37.3. The lowest BCUT2D eigenvalue weighted by atomic mass is 10.2. The van der Waals surface area contributed by atoms with Crippen molar-refractivity contribution in [1.82, 2.24) is 16.0 Å². The van der Waals surface area contributed by atoms with E-state index in [9.17, 15) is 19.2 Å². The Bertz CT molecular complexity index is 790. The summed E-state index contributed by atoms with van der Waals surface area (Å²) in [5.74, 6) is 0.0919. The zero-order chi connectivity index (χ0) is 29.5. The van der Waals surface area contributed by atoms with Crippen LogP contribution in [0.5, 0.6) is 0 Å². The van der Waals surface area contributed by atoms with Crippen molar-refractivity contribution in [3.63, 3.8) is 0 Å². The van der Waals surface area contributed by atoms with Gasteiger partial charge in [0.05, 0.1) is 6.54 Å². The highest BCUT2D eigenvalue weighted by Gasteiger charge is 2.08. The molecular weight excluding hydrogens is 480 g/mol. The van der Waals surface area contributed by atoms with Gasteiger partial charge in [0.1, 0.15) is 0 Å². The summed E-state index contributed by atoms with van der Waals surface area (Å²) in [7, 11) is 0. The molecule has 0 saturated carbocycles. The number of hydrogen-bond acceptors (Lipinski definition) is 4. The molecule has 8 nitrogen and oxygen atoms in total. The summed E-state index contributed by atoms with van der Waals surface area (Å²) in [6.45, 7) is 19.0. The third kappa shape index (κ3) is 22.3. The summed E-state index contributed by atoms with van der Waals surface area (Å²) in [6, 6.07) is 7.79. The van der Waals surface area contributed by atoms with Gasteiger partial charge in [-0.1, -0.05) is 92.3 Å². The molecule has 0 saturated heterocycles. The number of hydrogen-bond donors (Lipinski definition) is 4. The third-order valence-corrected chi connectivity index (χ3v) is 5.22. The molecule has 1 rings (SSSR count). The lowest BCUT2D eigenvalue weighted by molar-refractivity contribution is -0.127.